The second-order valence-corrected chi connectivity index (χ2v) is 5.18. The molecular weight excluding hydrogens is 292 g/mol. The Morgan fingerprint density at radius 2 is 1.94 bits per heavy atom. The van der Waals surface area contributed by atoms with Crippen molar-refractivity contribution in [2.45, 2.75) is 33.9 Å². The third-order valence-corrected chi connectivity index (χ3v) is 3.37. The van der Waals surface area contributed by atoms with Gasteiger partial charge in [-0.1, -0.05) is 15.9 Å². The molecule has 1 aromatic carbocycles. The molecule has 0 spiro atoms. The van der Waals surface area contributed by atoms with Crippen molar-refractivity contribution >= 4 is 21.6 Å². The number of halogens is 1. The molecule has 0 amide bonds. The molecule has 0 atom stereocenters. The van der Waals surface area contributed by atoms with Crippen molar-refractivity contribution in [3.63, 3.8) is 0 Å². The van der Waals surface area contributed by atoms with Gasteiger partial charge in [-0.05, 0) is 44.0 Å². The molecule has 2 rings (SSSR count). The van der Waals surface area contributed by atoms with Crippen molar-refractivity contribution in [3.8, 4) is 0 Å². The fourth-order valence-corrected chi connectivity index (χ4v) is 2.73. The van der Waals surface area contributed by atoms with E-state index in [1.165, 1.54) is 16.8 Å². The summed E-state index contributed by atoms with van der Waals surface area (Å²) in [6.45, 7) is 7.80. The Bertz CT molecular complexity index is 525. The van der Waals surface area contributed by atoms with Crippen LogP contribution < -0.4 is 5.32 Å². The molecule has 1 N–H and O–H groups in total. The first-order valence-electron chi connectivity index (χ1n) is 5.99. The van der Waals surface area contributed by atoms with Crippen LogP contribution in [0.15, 0.2) is 22.9 Å². The van der Waals surface area contributed by atoms with E-state index in [-0.39, 0.29) is 0 Å². The molecule has 4 nitrogen and oxygen atoms in total. The first kappa shape index (κ1) is 13.1. The molecule has 5 heteroatoms. The van der Waals surface area contributed by atoms with Crippen LogP contribution >= 0.6 is 15.9 Å². The van der Waals surface area contributed by atoms with Gasteiger partial charge in [0, 0.05) is 16.7 Å². The molecule has 0 unspecified atom stereocenters. The van der Waals surface area contributed by atoms with Gasteiger partial charge < -0.3 is 5.32 Å². The second-order valence-electron chi connectivity index (χ2n) is 4.26. The number of anilines is 1. The lowest BCUT2D eigenvalue weighted by atomic mass is 10.1. The van der Waals surface area contributed by atoms with Gasteiger partial charge in [-0.15, -0.1) is 0 Å². The Morgan fingerprint density at radius 3 is 2.56 bits per heavy atom. The first-order valence-corrected chi connectivity index (χ1v) is 6.78. The summed E-state index contributed by atoms with van der Waals surface area (Å²) in [5.74, 6) is 0.958. The predicted octanol–water partition coefficient (Wildman–Crippen LogP) is 3.29. The summed E-state index contributed by atoms with van der Waals surface area (Å²) < 4.78 is 3.01. The molecule has 0 bridgehead atoms. The minimum absolute atomic E-state index is 0.692. The fourth-order valence-electron chi connectivity index (χ4n) is 2.05. The summed E-state index contributed by atoms with van der Waals surface area (Å²) in [5, 5.41) is 7.61. The van der Waals surface area contributed by atoms with Crippen LogP contribution in [-0.2, 0) is 13.1 Å². The SMILES string of the molecule is CCn1ncnc1CNc1c(C)cc(Br)cc1C. The van der Waals surface area contributed by atoms with Crippen molar-refractivity contribution in [3.05, 3.63) is 39.9 Å². The van der Waals surface area contributed by atoms with Crippen LogP contribution in [0, 0.1) is 13.8 Å². The summed E-state index contributed by atoms with van der Waals surface area (Å²) in [6, 6.07) is 4.22. The molecule has 1 heterocycles. The predicted molar refractivity (Wildman–Crippen MR) is 76.6 cm³/mol. The molecule has 0 fully saturated rings. The number of rotatable bonds is 4. The van der Waals surface area contributed by atoms with Gasteiger partial charge in [0.25, 0.3) is 0 Å². The zero-order valence-electron chi connectivity index (χ0n) is 10.9. The Labute approximate surface area is 116 Å². The highest BCUT2D eigenvalue weighted by Crippen LogP contribution is 2.25. The minimum Gasteiger partial charge on any atom is -0.377 e. The van der Waals surface area contributed by atoms with Crippen LogP contribution in [0.4, 0.5) is 5.69 Å². The maximum Gasteiger partial charge on any atom is 0.146 e. The van der Waals surface area contributed by atoms with E-state index in [9.17, 15) is 0 Å². The smallest absolute Gasteiger partial charge is 0.146 e. The molecule has 0 saturated heterocycles. The number of nitrogens with one attached hydrogen (secondary N) is 1. The van der Waals surface area contributed by atoms with Gasteiger partial charge in [0.2, 0.25) is 0 Å². The lowest BCUT2D eigenvalue weighted by Gasteiger charge is -2.13. The Balaban J connectivity index is 2.16. The van der Waals surface area contributed by atoms with Crippen LogP contribution in [0.3, 0.4) is 0 Å². The number of aryl methyl sites for hydroxylation is 3. The van der Waals surface area contributed by atoms with E-state index < -0.39 is 0 Å². The van der Waals surface area contributed by atoms with E-state index >= 15 is 0 Å². The standard InChI is InChI=1S/C13H17BrN4/c1-4-18-12(16-8-17-18)7-15-13-9(2)5-11(14)6-10(13)3/h5-6,8,15H,4,7H2,1-3H3. The molecule has 0 radical (unpaired) electrons. The highest BCUT2D eigenvalue weighted by molar-refractivity contribution is 9.10. The van der Waals surface area contributed by atoms with Gasteiger partial charge in [0.15, 0.2) is 0 Å². The van der Waals surface area contributed by atoms with E-state index in [0.717, 1.165) is 16.8 Å². The average Bonchev–Trinajstić information content (AvgIpc) is 2.75. The zero-order valence-corrected chi connectivity index (χ0v) is 12.5. The summed E-state index contributed by atoms with van der Waals surface area (Å²) in [7, 11) is 0. The van der Waals surface area contributed by atoms with E-state index in [1.54, 1.807) is 6.33 Å². The van der Waals surface area contributed by atoms with Gasteiger partial charge in [-0.25, -0.2) is 9.67 Å². The van der Waals surface area contributed by atoms with Crippen molar-refractivity contribution in [1.29, 1.82) is 0 Å². The second kappa shape index (κ2) is 5.52. The van der Waals surface area contributed by atoms with Crippen LogP contribution in [-0.4, -0.2) is 14.8 Å². The minimum atomic E-state index is 0.692. The van der Waals surface area contributed by atoms with Crippen molar-refractivity contribution in [1.82, 2.24) is 14.8 Å². The first-order chi connectivity index (χ1) is 8.61. The molecular formula is C13H17BrN4. The van der Waals surface area contributed by atoms with E-state index in [4.69, 9.17) is 0 Å². The number of hydrogen-bond acceptors (Lipinski definition) is 3. The quantitative estimate of drug-likeness (QED) is 0.942. The summed E-state index contributed by atoms with van der Waals surface area (Å²) in [5.41, 5.74) is 3.62. The van der Waals surface area contributed by atoms with Gasteiger partial charge in [-0.2, -0.15) is 5.10 Å². The van der Waals surface area contributed by atoms with Crippen LogP contribution in [0.25, 0.3) is 0 Å². The number of hydrogen-bond donors (Lipinski definition) is 1. The lowest BCUT2D eigenvalue weighted by molar-refractivity contribution is 0.622. The Kier molecular flexibility index (Phi) is 4.01. The van der Waals surface area contributed by atoms with Crippen molar-refractivity contribution < 1.29 is 0 Å². The fraction of sp³-hybridized carbons (Fsp3) is 0.385. The summed E-state index contributed by atoms with van der Waals surface area (Å²) in [6.07, 6.45) is 1.60. The van der Waals surface area contributed by atoms with Gasteiger partial charge in [0.1, 0.15) is 12.2 Å². The Hall–Kier alpha value is -1.36. The molecule has 1 aromatic heterocycles. The van der Waals surface area contributed by atoms with Gasteiger partial charge in [0.05, 0.1) is 6.54 Å². The molecule has 0 saturated carbocycles. The maximum atomic E-state index is 4.26. The molecule has 96 valence electrons. The summed E-state index contributed by atoms with van der Waals surface area (Å²) >= 11 is 3.51. The Morgan fingerprint density at radius 1 is 1.28 bits per heavy atom. The number of benzene rings is 1. The normalized spacial score (nSPS) is 10.7. The monoisotopic (exact) mass is 308 g/mol. The van der Waals surface area contributed by atoms with Crippen LogP contribution in [0.1, 0.15) is 23.9 Å². The van der Waals surface area contributed by atoms with Crippen molar-refractivity contribution in [2.75, 3.05) is 5.32 Å². The average molecular weight is 309 g/mol. The highest BCUT2D eigenvalue weighted by Gasteiger charge is 2.06. The molecule has 0 aliphatic rings. The van der Waals surface area contributed by atoms with Gasteiger partial charge in [-0.3, -0.25) is 0 Å². The highest BCUT2D eigenvalue weighted by atomic mass is 79.9. The maximum absolute atomic E-state index is 4.26. The topological polar surface area (TPSA) is 42.7 Å². The molecule has 0 aliphatic carbocycles. The van der Waals surface area contributed by atoms with Crippen LogP contribution in [0.2, 0.25) is 0 Å². The summed E-state index contributed by atoms with van der Waals surface area (Å²) in [4.78, 5) is 4.26. The largest absolute Gasteiger partial charge is 0.377 e. The van der Waals surface area contributed by atoms with Gasteiger partial charge >= 0.3 is 0 Å². The van der Waals surface area contributed by atoms with Crippen molar-refractivity contribution in [2.24, 2.45) is 0 Å². The zero-order chi connectivity index (χ0) is 13.1. The molecule has 18 heavy (non-hydrogen) atoms. The van der Waals surface area contributed by atoms with E-state index in [0.29, 0.717) is 6.54 Å². The van der Waals surface area contributed by atoms with E-state index in [1.807, 2.05) is 4.68 Å². The third-order valence-electron chi connectivity index (χ3n) is 2.92. The lowest BCUT2D eigenvalue weighted by Crippen LogP contribution is -2.10. The molecule has 0 aliphatic heterocycles. The van der Waals surface area contributed by atoms with E-state index in [2.05, 4.69) is 64.2 Å². The third kappa shape index (κ3) is 2.72. The number of aromatic nitrogens is 3. The van der Waals surface area contributed by atoms with Crippen LogP contribution in [0.5, 0.6) is 0 Å². The number of nitrogens with zero attached hydrogens (tertiary/aromatic N) is 3. The molecule has 2 aromatic rings.